The highest BCUT2D eigenvalue weighted by Gasteiger charge is 2.08. The van der Waals surface area contributed by atoms with Gasteiger partial charge in [0.25, 0.3) is 0 Å². The molecule has 0 amide bonds. The number of ketones is 1. The summed E-state index contributed by atoms with van der Waals surface area (Å²) in [6.07, 6.45) is 0.336. The van der Waals surface area contributed by atoms with Crippen LogP contribution in [0.4, 0.5) is 4.39 Å². The van der Waals surface area contributed by atoms with Crippen LogP contribution in [-0.4, -0.2) is 5.78 Å². The third kappa shape index (κ3) is 1.83. The van der Waals surface area contributed by atoms with Gasteiger partial charge in [-0.3, -0.25) is 4.79 Å². The zero-order valence-electron chi connectivity index (χ0n) is 6.60. The van der Waals surface area contributed by atoms with Crippen molar-refractivity contribution in [1.29, 1.82) is 0 Å². The average molecular weight is 187 g/mol. The van der Waals surface area contributed by atoms with Gasteiger partial charge in [0.15, 0.2) is 5.78 Å². The second-order valence-electron chi connectivity index (χ2n) is 2.40. The highest BCUT2D eigenvalue weighted by Crippen LogP contribution is 2.18. The minimum Gasteiger partial charge on any atom is -0.294 e. The second-order valence-corrected chi connectivity index (χ2v) is 2.81. The van der Waals surface area contributed by atoms with Gasteiger partial charge in [-0.2, -0.15) is 0 Å². The van der Waals surface area contributed by atoms with E-state index in [0.29, 0.717) is 11.4 Å². The van der Waals surface area contributed by atoms with Crippen LogP contribution in [0.5, 0.6) is 0 Å². The Morgan fingerprint density at radius 2 is 2.25 bits per heavy atom. The van der Waals surface area contributed by atoms with Crippen molar-refractivity contribution in [3.05, 3.63) is 34.6 Å². The molecular formula is C9H8ClFO. The predicted molar refractivity (Wildman–Crippen MR) is 46.0 cm³/mol. The Morgan fingerprint density at radius 3 is 2.83 bits per heavy atom. The molecule has 0 atom stereocenters. The summed E-state index contributed by atoms with van der Waals surface area (Å²) >= 11 is 5.68. The Kier molecular flexibility index (Phi) is 2.82. The number of benzene rings is 1. The Labute approximate surface area is 75.2 Å². The van der Waals surface area contributed by atoms with Crippen LogP contribution in [0.2, 0.25) is 5.02 Å². The van der Waals surface area contributed by atoms with Crippen molar-refractivity contribution in [3.8, 4) is 0 Å². The maximum atomic E-state index is 12.6. The molecule has 0 fully saturated rings. The highest BCUT2D eigenvalue weighted by molar-refractivity contribution is 6.33. The van der Waals surface area contributed by atoms with E-state index in [1.165, 1.54) is 12.1 Å². The van der Waals surface area contributed by atoms with Crippen molar-refractivity contribution < 1.29 is 9.18 Å². The third-order valence-electron chi connectivity index (χ3n) is 1.55. The molecule has 0 aliphatic carbocycles. The van der Waals surface area contributed by atoms with Crippen LogP contribution in [0.1, 0.15) is 23.7 Å². The van der Waals surface area contributed by atoms with Crippen LogP contribution in [0.3, 0.4) is 0 Å². The van der Waals surface area contributed by atoms with Crippen LogP contribution < -0.4 is 0 Å². The van der Waals surface area contributed by atoms with Gasteiger partial charge in [0, 0.05) is 12.0 Å². The van der Waals surface area contributed by atoms with E-state index in [2.05, 4.69) is 0 Å². The molecule has 0 aromatic heterocycles. The number of carbonyl (C=O) groups is 1. The summed E-state index contributed by atoms with van der Waals surface area (Å²) in [6.45, 7) is 1.71. The molecule has 1 aromatic rings. The lowest BCUT2D eigenvalue weighted by atomic mass is 10.1. The number of carbonyl (C=O) groups excluding carboxylic acids is 1. The summed E-state index contributed by atoms with van der Waals surface area (Å²) in [7, 11) is 0. The largest absolute Gasteiger partial charge is 0.294 e. The van der Waals surface area contributed by atoms with E-state index in [1.807, 2.05) is 0 Å². The van der Waals surface area contributed by atoms with Crippen molar-refractivity contribution in [3.63, 3.8) is 0 Å². The Morgan fingerprint density at radius 1 is 1.58 bits per heavy atom. The smallest absolute Gasteiger partial charge is 0.164 e. The van der Waals surface area contributed by atoms with Gasteiger partial charge in [0.1, 0.15) is 5.82 Å². The zero-order chi connectivity index (χ0) is 9.14. The van der Waals surface area contributed by atoms with E-state index >= 15 is 0 Å². The first-order valence-corrected chi connectivity index (χ1v) is 4.01. The second kappa shape index (κ2) is 3.68. The standard InChI is InChI=1S/C9H8ClFO/c1-2-9(12)7-5-6(11)3-4-8(7)10/h3-5H,2H2,1H3. The number of hydrogen-bond donors (Lipinski definition) is 0. The SMILES string of the molecule is CCC(=O)c1cc(F)ccc1Cl. The van der Waals surface area contributed by atoms with Crippen molar-refractivity contribution >= 4 is 17.4 Å². The van der Waals surface area contributed by atoms with E-state index in [1.54, 1.807) is 6.92 Å². The highest BCUT2D eigenvalue weighted by atomic mass is 35.5. The van der Waals surface area contributed by atoms with Gasteiger partial charge in [-0.1, -0.05) is 18.5 Å². The van der Waals surface area contributed by atoms with Gasteiger partial charge in [-0.25, -0.2) is 4.39 Å². The molecule has 1 nitrogen and oxygen atoms in total. The normalized spacial score (nSPS) is 9.92. The minimum atomic E-state index is -0.434. The monoisotopic (exact) mass is 186 g/mol. The lowest BCUT2D eigenvalue weighted by Crippen LogP contribution is -1.97. The van der Waals surface area contributed by atoms with Crippen LogP contribution in [-0.2, 0) is 0 Å². The first-order chi connectivity index (χ1) is 5.65. The van der Waals surface area contributed by atoms with Crippen molar-refractivity contribution in [2.24, 2.45) is 0 Å². The molecule has 3 heteroatoms. The van der Waals surface area contributed by atoms with E-state index in [0.717, 1.165) is 6.07 Å². The molecule has 0 radical (unpaired) electrons. The average Bonchev–Trinajstić information content (AvgIpc) is 2.08. The molecule has 0 heterocycles. The number of rotatable bonds is 2. The quantitative estimate of drug-likeness (QED) is 0.649. The molecule has 0 saturated heterocycles. The van der Waals surface area contributed by atoms with E-state index < -0.39 is 5.82 Å². The Bertz CT molecular complexity index is 309. The fourth-order valence-corrected chi connectivity index (χ4v) is 1.12. The summed E-state index contributed by atoms with van der Waals surface area (Å²) in [5.41, 5.74) is 0.263. The Balaban J connectivity index is 3.13. The predicted octanol–water partition coefficient (Wildman–Crippen LogP) is 3.07. The minimum absolute atomic E-state index is 0.139. The van der Waals surface area contributed by atoms with Gasteiger partial charge in [-0.15, -0.1) is 0 Å². The lowest BCUT2D eigenvalue weighted by molar-refractivity contribution is 0.0988. The molecule has 0 aliphatic rings. The van der Waals surface area contributed by atoms with Crippen LogP contribution in [0, 0.1) is 5.82 Å². The van der Waals surface area contributed by atoms with Crippen molar-refractivity contribution in [2.75, 3.05) is 0 Å². The molecule has 0 saturated carbocycles. The summed E-state index contributed by atoms with van der Waals surface area (Å²) in [6, 6.07) is 3.78. The van der Waals surface area contributed by atoms with Gasteiger partial charge in [0.2, 0.25) is 0 Å². The van der Waals surface area contributed by atoms with E-state index in [4.69, 9.17) is 11.6 Å². The van der Waals surface area contributed by atoms with E-state index in [9.17, 15) is 9.18 Å². The van der Waals surface area contributed by atoms with E-state index in [-0.39, 0.29) is 11.3 Å². The summed E-state index contributed by atoms with van der Waals surface area (Å²) < 4.78 is 12.6. The fraction of sp³-hybridized carbons (Fsp3) is 0.222. The third-order valence-corrected chi connectivity index (χ3v) is 1.88. The van der Waals surface area contributed by atoms with Gasteiger partial charge < -0.3 is 0 Å². The number of Topliss-reactive ketones (excluding diaryl/α,β-unsaturated/α-hetero) is 1. The van der Waals surface area contributed by atoms with Crippen molar-refractivity contribution in [1.82, 2.24) is 0 Å². The molecule has 0 spiro atoms. The molecule has 1 aromatic carbocycles. The van der Waals surface area contributed by atoms with Crippen LogP contribution in [0.15, 0.2) is 18.2 Å². The zero-order valence-corrected chi connectivity index (χ0v) is 7.36. The number of halogens is 2. The van der Waals surface area contributed by atoms with Gasteiger partial charge in [0.05, 0.1) is 5.02 Å². The summed E-state index contributed by atoms with van der Waals surface area (Å²) in [5, 5.41) is 0.309. The van der Waals surface area contributed by atoms with Crippen molar-refractivity contribution in [2.45, 2.75) is 13.3 Å². The topological polar surface area (TPSA) is 17.1 Å². The van der Waals surface area contributed by atoms with Gasteiger partial charge in [-0.05, 0) is 18.2 Å². The Hall–Kier alpha value is -0.890. The van der Waals surface area contributed by atoms with Crippen LogP contribution >= 0.6 is 11.6 Å². The molecular weight excluding hydrogens is 179 g/mol. The molecule has 64 valence electrons. The maximum Gasteiger partial charge on any atom is 0.164 e. The number of hydrogen-bond acceptors (Lipinski definition) is 1. The lowest BCUT2D eigenvalue weighted by Gasteiger charge is -2.00. The molecule has 0 aliphatic heterocycles. The summed E-state index contributed by atoms with van der Waals surface area (Å²) in [4.78, 5) is 11.1. The fourth-order valence-electron chi connectivity index (χ4n) is 0.902. The molecule has 0 N–H and O–H groups in total. The first-order valence-electron chi connectivity index (χ1n) is 3.63. The maximum absolute atomic E-state index is 12.6. The molecule has 0 bridgehead atoms. The first kappa shape index (κ1) is 9.20. The molecule has 1 rings (SSSR count). The van der Waals surface area contributed by atoms with Crippen LogP contribution in [0.25, 0.3) is 0 Å². The molecule has 0 unspecified atom stereocenters. The van der Waals surface area contributed by atoms with Gasteiger partial charge >= 0.3 is 0 Å². The summed E-state index contributed by atoms with van der Waals surface area (Å²) in [5.74, 6) is -0.573. The molecule has 12 heavy (non-hydrogen) atoms.